The molecule has 0 fully saturated rings. The molecule has 0 spiro atoms. The zero-order valence-electron chi connectivity index (χ0n) is 15.6. The smallest absolute Gasteiger partial charge is 0.191 e. The fraction of sp³-hybridized carbons (Fsp3) is 0.833. The highest BCUT2D eigenvalue weighted by Crippen LogP contribution is 2.14. The highest BCUT2D eigenvalue weighted by molar-refractivity contribution is 5.79. The van der Waals surface area contributed by atoms with Gasteiger partial charge in [-0.2, -0.15) is 0 Å². The number of unbranched alkanes of at least 4 members (excludes halogenated alkanes) is 3. The average molecular weight is 335 g/mol. The first-order valence-corrected chi connectivity index (χ1v) is 9.62. The van der Waals surface area contributed by atoms with E-state index in [4.69, 9.17) is 0 Å². The van der Waals surface area contributed by atoms with E-state index in [0.717, 1.165) is 30.6 Å². The molecule has 24 heavy (non-hydrogen) atoms. The molecule has 1 aliphatic rings. The molecule has 0 saturated carbocycles. The van der Waals surface area contributed by atoms with Crippen molar-refractivity contribution in [3.8, 4) is 0 Å². The second kappa shape index (κ2) is 10.3. The maximum atomic E-state index is 4.36. The van der Waals surface area contributed by atoms with Crippen molar-refractivity contribution in [2.45, 2.75) is 90.8 Å². The minimum Gasteiger partial charge on any atom is -0.354 e. The molecule has 0 amide bonds. The first kappa shape index (κ1) is 18.7. The van der Waals surface area contributed by atoms with Crippen molar-refractivity contribution in [2.24, 2.45) is 4.99 Å². The summed E-state index contributed by atoms with van der Waals surface area (Å²) in [5, 5.41) is 15.6. The van der Waals surface area contributed by atoms with Crippen molar-refractivity contribution in [1.29, 1.82) is 0 Å². The van der Waals surface area contributed by atoms with Crippen LogP contribution in [0.2, 0.25) is 0 Å². The van der Waals surface area contributed by atoms with E-state index in [2.05, 4.69) is 44.2 Å². The van der Waals surface area contributed by atoms with Gasteiger partial charge >= 0.3 is 0 Å². The monoisotopic (exact) mass is 334 g/mol. The predicted octanol–water partition coefficient (Wildman–Crippen LogP) is 3.03. The fourth-order valence-electron chi connectivity index (χ4n) is 3.22. The van der Waals surface area contributed by atoms with Gasteiger partial charge in [0.1, 0.15) is 5.82 Å². The topological polar surface area (TPSA) is 67.1 Å². The highest BCUT2D eigenvalue weighted by atomic mass is 15.3. The van der Waals surface area contributed by atoms with Crippen molar-refractivity contribution in [1.82, 2.24) is 25.4 Å². The molecule has 0 saturated heterocycles. The summed E-state index contributed by atoms with van der Waals surface area (Å²) in [5.74, 6) is 3.01. The van der Waals surface area contributed by atoms with Gasteiger partial charge in [0.05, 0.1) is 6.54 Å². The van der Waals surface area contributed by atoms with E-state index < -0.39 is 0 Å². The van der Waals surface area contributed by atoms with Gasteiger partial charge in [-0.05, 0) is 26.2 Å². The zero-order valence-corrected chi connectivity index (χ0v) is 15.6. The first-order valence-electron chi connectivity index (χ1n) is 9.62. The Kier molecular flexibility index (Phi) is 8.05. The fourth-order valence-corrected chi connectivity index (χ4v) is 3.22. The summed E-state index contributed by atoms with van der Waals surface area (Å²) in [7, 11) is 1.82. The molecule has 0 bridgehead atoms. The summed E-state index contributed by atoms with van der Waals surface area (Å²) in [6.45, 7) is 6.19. The molecule has 0 aliphatic carbocycles. The minimum atomic E-state index is 0.434. The van der Waals surface area contributed by atoms with Crippen molar-refractivity contribution in [3.05, 3.63) is 11.6 Å². The third kappa shape index (κ3) is 5.80. The Morgan fingerprint density at radius 2 is 2.08 bits per heavy atom. The molecule has 1 aliphatic heterocycles. The lowest BCUT2D eigenvalue weighted by atomic mass is 10.1. The molecule has 1 aromatic heterocycles. The van der Waals surface area contributed by atoms with Crippen LogP contribution in [0.3, 0.4) is 0 Å². The number of aryl methyl sites for hydroxylation is 1. The summed E-state index contributed by atoms with van der Waals surface area (Å²) in [6.07, 6.45) is 11.2. The number of guanidine groups is 1. The number of nitrogens with one attached hydrogen (secondary N) is 2. The van der Waals surface area contributed by atoms with Crippen LogP contribution in [0.15, 0.2) is 4.99 Å². The van der Waals surface area contributed by atoms with Crippen LogP contribution >= 0.6 is 0 Å². The molecule has 136 valence electrons. The molecular weight excluding hydrogens is 300 g/mol. The van der Waals surface area contributed by atoms with Gasteiger partial charge in [0.15, 0.2) is 11.8 Å². The molecule has 0 aromatic carbocycles. The summed E-state index contributed by atoms with van der Waals surface area (Å²) in [6, 6.07) is 0.434. The standard InChI is InChI=1S/C18H34N6/c1-4-5-6-8-11-15(2)21-18(19-3)20-14-17-23-22-16-12-9-7-10-13-24(16)17/h15H,4-14H2,1-3H3,(H2,19,20,21). The van der Waals surface area contributed by atoms with Crippen LogP contribution < -0.4 is 10.6 Å². The van der Waals surface area contributed by atoms with Crippen molar-refractivity contribution in [3.63, 3.8) is 0 Å². The Balaban J connectivity index is 1.78. The number of nitrogens with zero attached hydrogens (tertiary/aromatic N) is 4. The molecule has 2 rings (SSSR count). The van der Waals surface area contributed by atoms with Gasteiger partial charge in [-0.25, -0.2) is 0 Å². The SMILES string of the molecule is CCCCCCC(C)NC(=NC)NCc1nnc2n1CCCCC2. The van der Waals surface area contributed by atoms with Crippen molar-refractivity contribution < 1.29 is 0 Å². The largest absolute Gasteiger partial charge is 0.354 e. The summed E-state index contributed by atoms with van der Waals surface area (Å²) < 4.78 is 2.28. The number of aromatic nitrogens is 3. The molecule has 0 radical (unpaired) electrons. The molecule has 1 unspecified atom stereocenters. The van der Waals surface area contributed by atoms with Gasteiger partial charge < -0.3 is 15.2 Å². The Morgan fingerprint density at radius 1 is 1.21 bits per heavy atom. The zero-order chi connectivity index (χ0) is 17.2. The number of hydrogen-bond acceptors (Lipinski definition) is 3. The first-order chi connectivity index (χ1) is 11.7. The van der Waals surface area contributed by atoms with Crippen molar-refractivity contribution in [2.75, 3.05) is 7.05 Å². The average Bonchev–Trinajstić information content (AvgIpc) is 2.82. The Morgan fingerprint density at radius 3 is 2.88 bits per heavy atom. The summed E-state index contributed by atoms with van der Waals surface area (Å²) >= 11 is 0. The highest BCUT2D eigenvalue weighted by Gasteiger charge is 2.15. The predicted molar refractivity (Wildman–Crippen MR) is 99.1 cm³/mol. The quantitative estimate of drug-likeness (QED) is 0.436. The van der Waals surface area contributed by atoms with E-state index in [0.29, 0.717) is 12.6 Å². The number of rotatable bonds is 8. The minimum absolute atomic E-state index is 0.434. The Hall–Kier alpha value is -1.59. The lowest BCUT2D eigenvalue weighted by Crippen LogP contribution is -2.42. The van der Waals surface area contributed by atoms with Crippen LogP contribution in [0, 0.1) is 0 Å². The Labute approximate surface area is 146 Å². The van der Waals surface area contributed by atoms with Crippen LogP contribution in [0.25, 0.3) is 0 Å². The lowest BCUT2D eigenvalue weighted by Gasteiger charge is -2.18. The summed E-state index contributed by atoms with van der Waals surface area (Å²) in [5.41, 5.74) is 0. The van der Waals surface area contributed by atoms with Crippen LogP contribution in [0.1, 0.15) is 76.9 Å². The molecule has 6 heteroatoms. The second-order valence-electron chi connectivity index (χ2n) is 6.82. The molecule has 1 atom stereocenters. The van der Waals surface area contributed by atoms with E-state index >= 15 is 0 Å². The van der Waals surface area contributed by atoms with Gasteiger partial charge in [-0.1, -0.05) is 39.0 Å². The van der Waals surface area contributed by atoms with Gasteiger partial charge in [-0.15, -0.1) is 10.2 Å². The van der Waals surface area contributed by atoms with E-state index in [9.17, 15) is 0 Å². The number of aliphatic imine (C=N–C) groups is 1. The Bertz CT molecular complexity index is 508. The van der Waals surface area contributed by atoms with Crippen LogP contribution in [-0.4, -0.2) is 33.8 Å². The third-order valence-corrected chi connectivity index (χ3v) is 4.70. The van der Waals surface area contributed by atoms with E-state index in [1.165, 1.54) is 51.4 Å². The molecule has 2 N–H and O–H groups in total. The molecule has 1 aromatic rings. The number of hydrogen-bond donors (Lipinski definition) is 2. The van der Waals surface area contributed by atoms with E-state index in [-0.39, 0.29) is 0 Å². The van der Waals surface area contributed by atoms with Gasteiger partial charge in [0.25, 0.3) is 0 Å². The van der Waals surface area contributed by atoms with Gasteiger partial charge in [-0.3, -0.25) is 4.99 Å². The van der Waals surface area contributed by atoms with Crippen LogP contribution in [0.4, 0.5) is 0 Å². The van der Waals surface area contributed by atoms with Gasteiger partial charge in [0.2, 0.25) is 0 Å². The third-order valence-electron chi connectivity index (χ3n) is 4.70. The lowest BCUT2D eigenvalue weighted by molar-refractivity contribution is 0.534. The van der Waals surface area contributed by atoms with E-state index in [1.54, 1.807) is 0 Å². The van der Waals surface area contributed by atoms with Gasteiger partial charge in [0, 0.05) is 26.1 Å². The molecular formula is C18H34N6. The normalized spacial score (nSPS) is 16.4. The van der Waals surface area contributed by atoms with E-state index in [1.807, 2.05) is 7.05 Å². The maximum absolute atomic E-state index is 4.36. The van der Waals surface area contributed by atoms with Crippen molar-refractivity contribution >= 4 is 5.96 Å². The second-order valence-corrected chi connectivity index (χ2v) is 6.82. The summed E-state index contributed by atoms with van der Waals surface area (Å²) in [4.78, 5) is 4.34. The maximum Gasteiger partial charge on any atom is 0.191 e. The van der Waals surface area contributed by atoms with Crippen LogP contribution in [-0.2, 0) is 19.5 Å². The molecule has 6 nitrogen and oxygen atoms in total. The van der Waals surface area contributed by atoms with Crippen LogP contribution in [0.5, 0.6) is 0 Å². The molecule has 2 heterocycles. The number of fused-ring (bicyclic) bond motifs is 1.